The topological polar surface area (TPSA) is 46.5 Å². The van der Waals surface area contributed by atoms with Crippen molar-refractivity contribution in [1.82, 2.24) is 0 Å². The molecule has 0 saturated heterocycles. The van der Waals surface area contributed by atoms with E-state index in [0.717, 1.165) is 36.5 Å². The summed E-state index contributed by atoms with van der Waals surface area (Å²) in [6, 6.07) is 0. The molecule has 166 valence electrons. The number of ether oxygens (including phenoxy) is 1. The lowest BCUT2D eigenvalue weighted by Gasteiger charge is -2.62. The van der Waals surface area contributed by atoms with Crippen LogP contribution in [0, 0.1) is 46.3 Å². The average molecular weight is 405 g/mol. The van der Waals surface area contributed by atoms with Crippen molar-refractivity contribution in [1.29, 1.82) is 0 Å². The Kier molecular flexibility index (Phi) is 6.10. The van der Waals surface area contributed by atoms with Crippen LogP contribution in [0.1, 0.15) is 97.8 Å². The van der Waals surface area contributed by atoms with Crippen LogP contribution in [-0.4, -0.2) is 24.3 Å². The Morgan fingerprint density at radius 2 is 1.83 bits per heavy atom. The fraction of sp³-hybridized carbons (Fsp3) is 0.962. The molecule has 0 amide bonds. The lowest BCUT2D eigenvalue weighted by atomic mass is 9.43. The summed E-state index contributed by atoms with van der Waals surface area (Å²) >= 11 is 0. The molecular weight excluding hydrogens is 360 g/mol. The first-order chi connectivity index (χ1) is 13.8. The van der Waals surface area contributed by atoms with E-state index in [1.54, 1.807) is 0 Å². The average Bonchev–Trinajstić information content (AvgIpc) is 3.05. The highest BCUT2D eigenvalue weighted by Crippen LogP contribution is 2.68. The van der Waals surface area contributed by atoms with Crippen LogP contribution >= 0.6 is 0 Å². The molecule has 1 N–H and O–H groups in total. The van der Waals surface area contributed by atoms with Crippen molar-refractivity contribution in [3.63, 3.8) is 0 Å². The van der Waals surface area contributed by atoms with Gasteiger partial charge in [-0.05, 0) is 97.7 Å². The molecule has 9 atom stereocenters. The maximum atomic E-state index is 11.2. The van der Waals surface area contributed by atoms with Crippen molar-refractivity contribution >= 4 is 5.97 Å². The van der Waals surface area contributed by atoms with Gasteiger partial charge in [0.2, 0.25) is 0 Å². The first-order valence-electron chi connectivity index (χ1n) is 12.6. The monoisotopic (exact) mass is 404 g/mol. The largest absolute Gasteiger partial charge is 0.481 e. The van der Waals surface area contributed by atoms with Crippen molar-refractivity contribution in [2.24, 2.45) is 46.3 Å². The van der Waals surface area contributed by atoms with Crippen LogP contribution in [0.15, 0.2) is 0 Å². The predicted molar refractivity (Wildman–Crippen MR) is 117 cm³/mol. The predicted octanol–water partition coefficient (Wildman–Crippen LogP) is 6.55. The standard InChI is InChI=1S/C26H44O3/c1-5-17(9-12-23(27)28)19-10-11-20-24-21(13-15-26(19,20)3)25(2)14-7-6-8-18(25)16-22(24)29-4/h17-22,24H,5-16H2,1-4H3,(H,27,28)/t17-,18?,19-,20?,21?,22?,24?,25+,26-/m1/s1. The van der Waals surface area contributed by atoms with Crippen LogP contribution in [0.2, 0.25) is 0 Å². The summed E-state index contributed by atoms with van der Waals surface area (Å²) in [7, 11) is 1.97. The van der Waals surface area contributed by atoms with Crippen LogP contribution in [0.25, 0.3) is 0 Å². The number of carbonyl (C=O) groups is 1. The second-order valence-electron chi connectivity index (χ2n) is 11.6. The molecule has 0 spiro atoms. The van der Waals surface area contributed by atoms with E-state index in [1.807, 2.05) is 7.11 Å². The normalized spacial score (nSPS) is 47.7. The van der Waals surface area contributed by atoms with Gasteiger partial charge in [0.05, 0.1) is 6.10 Å². The summed E-state index contributed by atoms with van der Waals surface area (Å²) in [5, 5.41) is 9.24. The third-order valence-corrected chi connectivity index (χ3v) is 10.8. The first kappa shape index (κ1) is 21.7. The molecule has 3 heteroatoms. The maximum absolute atomic E-state index is 11.2. The maximum Gasteiger partial charge on any atom is 0.303 e. The first-order valence-corrected chi connectivity index (χ1v) is 12.6. The highest BCUT2D eigenvalue weighted by molar-refractivity contribution is 5.66. The van der Waals surface area contributed by atoms with Crippen molar-refractivity contribution < 1.29 is 14.6 Å². The smallest absolute Gasteiger partial charge is 0.303 e. The van der Waals surface area contributed by atoms with Crippen LogP contribution in [-0.2, 0) is 9.53 Å². The number of rotatable bonds is 6. The molecule has 0 heterocycles. The van der Waals surface area contributed by atoms with Crippen molar-refractivity contribution in [2.45, 2.75) is 104 Å². The number of carboxylic acids is 1. The van der Waals surface area contributed by atoms with Gasteiger partial charge in [0.1, 0.15) is 0 Å². The zero-order valence-corrected chi connectivity index (χ0v) is 19.3. The number of fused-ring (bicyclic) bond motifs is 5. The van der Waals surface area contributed by atoms with Crippen molar-refractivity contribution in [3.8, 4) is 0 Å². The lowest BCUT2D eigenvalue weighted by molar-refractivity contribution is -0.173. The minimum atomic E-state index is -0.630. The van der Waals surface area contributed by atoms with Gasteiger partial charge in [-0.15, -0.1) is 0 Å². The number of aliphatic carboxylic acids is 1. The fourth-order valence-corrected chi connectivity index (χ4v) is 9.29. The van der Waals surface area contributed by atoms with Gasteiger partial charge in [0.15, 0.2) is 0 Å². The van der Waals surface area contributed by atoms with E-state index in [9.17, 15) is 9.90 Å². The SMILES string of the molecule is CC[C@H](CCC(=O)O)[C@H]1CCC2C3C(OC)CC4CCCC[C@]4(C)C3CC[C@@]21C. The van der Waals surface area contributed by atoms with E-state index < -0.39 is 5.97 Å². The molecule has 4 aliphatic rings. The van der Waals surface area contributed by atoms with E-state index in [-0.39, 0.29) is 0 Å². The Morgan fingerprint density at radius 1 is 1.07 bits per heavy atom. The molecule has 0 aromatic heterocycles. The highest BCUT2D eigenvalue weighted by atomic mass is 16.5. The Hall–Kier alpha value is -0.570. The molecule has 3 nitrogen and oxygen atoms in total. The molecule has 4 rings (SSSR count). The number of hydrogen-bond donors (Lipinski definition) is 1. The van der Waals surface area contributed by atoms with E-state index in [2.05, 4.69) is 20.8 Å². The summed E-state index contributed by atoms with van der Waals surface area (Å²) in [6.45, 7) is 7.50. The third kappa shape index (κ3) is 3.48. The van der Waals surface area contributed by atoms with Gasteiger partial charge in [0.25, 0.3) is 0 Å². The zero-order valence-electron chi connectivity index (χ0n) is 19.3. The molecule has 0 aliphatic heterocycles. The lowest BCUT2D eigenvalue weighted by Crippen LogP contribution is -2.58. The molecule has 0 radical (unpaired) electrons. The highest BCUT2D eigenvalue weighted by Gasteiger charge is 2.62. The van der Waals surface area contributed by atoms with Gasteiger partial charge < -0.3 is 9.84 Å². The van der Waals surface area contributed by atoms with Gasteiger partial charge in [-0.3, -0.25) is 4.79 Å². The summed E-state index contributed by atoms with van der Waals surface area (Å²) in [5.74, 6) is 3.84. The summed E-state index contributed by atoms with van der Waals surface area (Å²) in [5.41, 5.74) is 0.916. The molecule has 0 aromatic rings. The van der Waals surface area contributed by atoms with Crippen LogP contribution in [0.3, 0.4) is 0 Å². The Bertz CT molecular complexity index is 603. The molecule has 0 aromatic carbocycles. The number of hydrogen-bond acceptors (Lipinski definition) is 2. The zero-order chi connectivity index (χ0) is 20.8. The molecule has 4 aliphatic carbocycles. The third-order valence-electron chi connectivity index (χ3n) is 10.8. The van der Waals surface area contributed by atoms with Crippen molar-refractivity contribution in [3.05, 3.63) is 0 Å². The van der Waals surface area contributed by atoms with Gasteiger partial charge in [-0.25, -0.2) is 0 Å². The summed E-state index contributed by atoms with van der Waals surface area (Å²) in [4.78, 5) is 11.2. The van der Waals surface area contributed by atoms with E-state index in [0.29, 0.717) is 35.2 Å². The van der Waals surface area contributed by atoms with Gasteiger partial charge in [-0.1, -0.05) is 40.0 Å². The van der Waals surface area contributed by atoms with Crippen LogP contribution < -0.4 is 0 Å². The molecule has 4 saturated carbocycles. The minimum absolute atomic E-state index is 0.336. The quantitative estimate of drug-likeness (QED) is 0.546. The van der Waals surface area contributed by atoms with E-state index in [4.69, 9.17) is 4.74 Å². The Morgan fingerprint density at radius 3 is 2.52 bits per heavy atom. The Balaban J connectivity index is 1.60. The second kappa shape index (κ2) is 8.17. The summed E-state index contributed by atoms with van der Waals surface area (Å²) < 4.78 is 6.23. The minimum Gasteiger partial charge on any atom is -0.481 e. The molecule has 5 unspecified atom stereocenters. The molecular formula is C26H44O3. The van der Waals surface area contributed by atoms with Crippen LogP contribution in [0.4, 0.5) is 0 Å². The Labute approximate surface area is 178 Å². The molecule has 29 heavy (non-hydrogen) atoms. The van der Waals surface area contributed by atoms with Gasteiger partial charge >= 0.3 is 5.97 Å². The molecule has 4 fully saturated rings. The summed E-state index contributed by atoms with van der Waals surface area (Å²) in [6.07, 6.45) is 15.1. The number of methoxy groups -OCH3 is 1. The van der Waals surface area contributed by atoms with E-state index >= 15 is 0 Å². The number of carboxylic acid groups (broad SMARTS) is 1. The second-order valence-corrected chi connectivity index (χ2v) is 11.6. The van der Waals surface area contributed by atoms with Gasteiger partial charge in [-0.2, -0.15) is 0 Å². The van der Waals surface area contributed by atoms with Gasteiger partial charge in [0, 0.05) is 13.5 Å². The molecule has 0 bridgehead atoms. The van der Waals surface area contributed by atoms with E-state index in [1.165, 1.54) is 57.8 Å². The van der Waals surface area contributed by atoms with Crippen molar-refractivity contribution in [2.75, 3.05) is 7.11 Å². The fourth-order valence-electron chi connectivity index (χ4n) is 9.29. The van der Waals surface area contributed by atoms with Crippen LogP contribution in [0.5, 0.6) is 0 Å².